The minimum Gasteiger partial charge on any atom is -0.478 e. The molecular formula is C21H19NO4. The summed E-state index contributed by atoms with van der Waals surface area (Å²) in [6.45, 7) is 2.02. The fourth-order valence-corrected chi connectivity index (χ4v) is 3.58. The van der Waals surface area contributed by atoms with E-state index in [2.05, 4.69) is 4.98 Å². The maximum absolute atomic E-state index is 13.0. The Hall–Kier alpha value is -2.95. The third-order valence-corrected chi connectivity index (χ3v) is 4.96. The molecule has 1 fully saturated rings. The monoisotopic (exact) mass is 349 g/mol. The van der Waals surface area contributed by atoms with Crippen LogP contribution in [0.2, 0.25) is 0 Å². The Kier molecular flexibility index (Phi) is 4.07. The van der Waals surface area contributed by atoms with E-state index in [0.717, 1.165) is 24.3 Å². The molecule has 0 radical (unpaired) electrons. The Morgan fingerprint density at radius 1 is 1.27 bits per heavy atom. The number of carboxylic acids is 1. The van der Waals surface area contributed by atoms with Crippen LogP contribution in [0.4, 0.5) is 0 Å². The van der Waals surface area contributed by atoms with Gasteiger partial charge in [-0.25, -0.2) is 4.79 Å². The lowest BCUT2D eigenvalue weighted by molar-refractivity contribution is 0.0697. The second kappa shape index (κ2) is 6.41. The summed E-state index contributed by atoms with van der Waals surface area (Å²) < 4.78 is 6.12. The first kappa shape index (κ1) is 16.5. The standard InChI is InChI=1S/C21H19NO4/c1-2-5-13-19(23)16-10-12(21(24)25)7-8-18(16)26-20(13)15-11-14(15)17-6-3-4-9-22-17/h3-4,6-10,14-15H,2,5,11H2,1H3,(H,24,25). The first-order valence-corrected chi connectivity index (χ1v) is 8.84. The number of hydrogen-bond acceptors (Lipinski definition) is 4. The average Bonchev–Trinajstić information content (AvgIpc) is 3.45. The second-order valence-electron chi connectivity index (χ2n) is 6.74. The number of rotatable bonds is 5. The lowest BCUT2D eigenvalue weighted by Crippen LogP contribution is -2.13. The van der Waals surface area contributed by atoms with Crippen molar-refractivity contribution in [2.24, 2.45) is 0 Å². The van der Waals surface area contributed by atoms with Crippen LogP contribution < -0.4 is 5.43 Å². The van der Waals surface area contributed by atoms with Gasteiger partial charge < -0.3 is 9.52 Å². The van der Waals surface area contributed by atoms with Gasteiger partial charge in [0.2, 0.25) is 0 Å². The van der Waals surface area contributed by atoms with Crippen LogP contribution in [-0.4, -0.2) is 16.1 Å². The van der Waals surface area contributed by atoms with Crippen molar-refractivity contribution in [2.45, 2.75) is 38.0 Å². The van der Waals surface area contributed by atoms with Crippen molar-refractivity contribution in [1.82, 2.24) is 4.98 Å². The second-order valence-corrected chi connectivity index (χ2v) is 6.74. The van der Waals surface area contributed by atoms with Crippen LogP contribution >= 0.6 is 0 Å². The molecule has 1 aromatic carbocycles. The number of hydrogen-bond donors (Lipinski definition) is 1. The summed E-state index contributed by atoms with van der Waals surface area (Å²) in [7, 11) is 0. The zero-order chi connectivity index (χ0) is 18.3. The highest BCUT2D eigenvalue weighted by Gasteiger charge is 2.44. The van der Waals surface area contributed by atoms with Crippen LogP contribution in [0.3, 0.4) is 0 Å². The molecule has 0 spiro atoms. The normalized spacial score (nSPS) is 18.8. The molecule has 1 aliphatic carbocycles. The first-order valence-electron chi connectivity index (χ1n) is 8.84. The maximum atomic E-state index is 13.0. The molecule has 0 aliphatic heterocycles. The van der Waals surface area contributed by atoms with Crippen molar-refractivity contribution in [3.8, 4) is 0 Å². The van der Waals surface area contributed by atoms with Crippen LogP contribution in [0.25, 0.3) is 11.0 Å². The molecule has 0 amide bonds. The molecule has 1 aliphatic rings. The molecule has 1 saturated carbocycles. The Balaban J connectivity index is 1.82. The number of pyridine rings is 1. The Labute approximate surface area is 150 Å². The number of fused-ring (bicyclic) bond motifs is 1. The third-order valence-electron chi connectivity index (χ3n) is 4.96. The molecule has 0 saturated heterocycles. The smallest absolute Gasteiger partial charge is 0.335 e. The fourth-order valence-electron chi connectivity index (χ4n) is 3.58. The van der Waals surface area contributed by atoms with Crippen molar-refractivity contribution < 1.29 is 14.3 Å². The zero-order valence-electron chi connectivity index (χ0n) is 14.4. The average molecular weight is 349 g/mol. The lowest BCUT2D eigenvalue weighted by atomic mass is 10.0. The van der Waals surface area contributed by atoms with Crippen LogP contribution in [0.1, 0.15) is 59.0 Å². The summed E-state index contributed by atoms with van der Waals surface area (Å²) in [5.74, 6) is 0.112. The van der Waals surface area contributed by atoms with Gasteiger partial charge in [0.15, 0.2) is 5.43 Å². The molecule has 132 valence electrons. The molecular weight excluding hydrogens is 330 g/mol. The van der Waals surface area contributed by atoms with E-state index in [-0.39, 0.29) is 22.8 Å². The molecule has 5 nitrogen and oxygen atoms in total. The number of aromatic carboxylic acids is 1. The topological polar surface area (TPSA) is 80.4 Å². The lowest BCUT2D eigenvalue weighted by Gasteiger charge is -2.10. The number of carbonyl (C=O) groups is 1. The summed E-state index contributed by atoms with van der Waals surface area (Å²) in [5, 5.41) is 9.52. The van der Waals surface area contributed by atoms with E-state index in [0.29, 0.717) is 23.0 Å². The fraction of sp³-hybridized carbons (Fsp3) is 0.286. The Morgan fingerprint density at radius 3 is 2.81 bits per heavy atom. The van der Waals surface area contributed by atoms with Crippen molar-refractivity contribution >= 4 is 16.9 Å². The molecule has 2 atom stereocenters. The number of aromatic nitrogens is 1. The van der Waals surface area contributed by atoms with Gasteiger partial charge in [-0.3, -0.25) is 9.78 Å². The summed E-state index contributed by atoms with van der Waals surface area (Å²) in [6.07, 6.45) is 4.14. The minimum absolute atomic E-state index is 0.0952. The zero-order valence-corrected chi connectivity index (χ0v) is 14.4. The molecule has 2 aromatic heterocycles. The van der Waals surface area contributed by atoms with E-state index in [9.17, 15) is 14.7 Å². The van der Waals surface area contributed by atoms with Gasteiger partial charge in [-0.05, 0) is 43.2 Å². The number of carboxylic acid groups (broad SMARTS) is 1. The largest absolute Gasteiger partial charge is 0.478 e. The van der Waals surface area contributed by atoms with Gasteiger partial charge in [0.25, 0.3) is 0 Å². The Bertz CT molecular complexity index is 1040. The molecule has 4 rings (SSSR count). The van der Waals surface area contributed by atoms with Crippen molar-refractivity contribution in [1.29, 1.82) is 0 Å². The van der Waals surface area contributed by atoms with Gasteiger partial charge in [0.05, 0.1) is 10.9 Å². The molecule has 0 bridgehead atoms. The van der Waals surface area contributed by atoms with E-state index in [4.69, 9.17) is 4.42 Å². The highest BCUT2D eigenvalue weighted by Crippen LogP contribution is 2.54. The predicted molar refractivity (Wildman–Crippen MR) is 97.8 cm³/mol. The van der Waals surface area contributed by atoms with E-state index < -0.39 is 5.97 Å². The Morgan fingerprint density at radius 2 is 2.12 bits per heavy atom. The van der Waals surface area contributed by atoms with Crippen molar-refractivity contribution in [3.63, 3.8) is 0 Å². The van der Waals surface area contributed by atoms with Gasteiger partial charge in [-0.2, -0.15) is 0 Å². The SMILES string of the molecule is CCCc1c(C2CC2c2ccccn2)oc2ccc(C(=O)O)cc2c1=O. The molecule has 1 N–H and O–H groups in total. The van der Waals surface area contributed by atoms with Gasteiger partial charge in [0, 0.05) is 29.3 Å². The van der Waals surface area contributed by atoms with Crippen molar-refractivity contribution in [2.75, 3.05) is 0 Å². The summed E-state index contributed by atoms with van der Waals surface area (Å²) in [6, 6.07) is 10.3. The highest BCUT2D eigenvalue weighted by atomic mass is 16.4. The molecule has 3 aromatic rings. The first-order chi connectivity index (χ1) is 12.6. The van der Waals surface area contributed by atoms with Gasteiger partial charge in [-0.15, -0.1) is 0 Å². The van der Waals surface area contributed by atoms with E-state index in [1.54, 1.807) is 12.3 Å². The minimum atomic E-state index is -1.05. The quantitative estimate of drug-likeness (QED) is 0.750. The van der Waals surface area contributed by atoms with E-state index in [1.807, 2.05) is 25.1 Å². The summed E-state index contributed by atoms with van der Waals surface area (Å²) in [4.78, 5) is 28.7. The van der Waals surface area contributed by atoms with Crippen LogP contribution in [0.15, 0.2) is 51.8 Å². The third kappa shape index (κ3) is 2.79. The molecule has 5 heteroatoms. The molecule has 2 heterocycles. The van der Waals surface area contributed by atoms with Gasteiger partial charge >= 0.3 is 5.97 Å². The predicted octanol–water partition coefficient (Wildman–Crippen LogP) is 4.11. The van der Waals surface area contributed by atoms with Crippen LogP contribution in [-0.2, 0) is 6.42 Å². The van der Waals surface area contributed by atoms with E-state index >= 15 is 0 Å². The van der Waals surface area contributed by atoms with Gasteiger partial charge in [0.1, 0.15) is 11.3 Å². The van der Waals surface area contributed by atoms with Crippen molar-refractivity contribution in [3.05, 3.63) is 75.4 Å². The number of nitrogens with zero attached hydrogens (tertiary/aromatic N) is 1. The summed E-state index contributed by atoms with van der Waals surface area (Å²) >= 11 is 0. The maximum Gasteiger partial charge on any atom is 0.335 e. The highest BCUT2D eigenvalue weighted by molar-refractivity contribution is 5.92. The molecule has 2 unspecified atom stereocenters. The molecule has 26 heavy (non-hydrogen) atoms. The summed E-state index contributed by atoms with van der Waals surface area (Å²) in [5.41, 5.74) is 2.12. The van der Waals surface area contributed by atoms with Crippen LogP contribution in [0.5, 0.6) is 0 Å². The van der Waals surface area contributed by atoms with Crippen LogP contribution in [0, 0.1) is 0 Å². The van der Waals surface area contributed by atoms with Gasteiger partial charge in [-0.1, -0.05) is 19.4 Å². The number of benzene rings is 1. The van der Waals surface area contributed by atoms with E-state index in [1.165, 1.54) is 12.1 Å².